The third-order valence-electron chi connectivity index (χ3n) is 5.65. The number of carboxylic acid groups (broad SMARTS) is 1. The van der Waals surface area contributed by atoms with E-state index in [4.69, 9.17) is 26.0 Å². The van der Waals surface area contributed by atoms with E-state index in [1.165, 1.54) is 25.3 Å². The highest BCUT2D eigenvalue weighted by Gasteiger charge is 2.43. The first-order valence-electron chi connectivity index (χ1n) is 11.1. The fourth-order valence-corrected chi connectivity index (χ4v) is 3.78. The highest BCUT2D eigenvalue weighted by molar-refractivity contribution is 5.84. The maximum atomic E-state index is 14.1. The first kappa shape index (κ1) is 25.7. The number of methoxy groups -OCH3 is 1. The van der Waals surface area contributed by atoms with Crippen molar-refractivity contribution in [1.82, 2.24) is 9.97 Å². The summed E-state index contributed by atoms with van der Waals surface area (Å²) in [7, 11) is 1.51. The number of aliphatic carboxylic acids is 1. The van der Waals surface area contributed by atoms with E-state index < -0.39 is 24.3 Å². The van der Waals surface area contributed by atoms with Crippen LogP contribution in [0.25, 0.3) is 22.0 Å². The van der Waals surface area contributed by atoms with Crippen molar-refractivity contribution in [2.24, 2.45) is 5.73 Å². The number of nitrogen functional groups attached to an aromatic ring is 1. The molecule has 11 heteroatoms. The molecule has 0 saturated heterocycles. The van der Waals surface area contributed by atoms with Gasteiger partial charge in [-0.2, -0.15) is 18.2 Å². The van der Waals surface area contributed by atoms with Crippen molar-refractivity contribution >= 4 is 22.7 Å². The summed E-state index contributed by atoms with van der Waals surface area (Å²) in [4.78, 5) is 18.9. The Morgan fingerprint density at radius 2 is 1.68 bits per heavy atom. The zero-order valence-corrected chi connectivity index (χ0v) is 19.6. The molecule has 0 fully saturated rings. The summed E-state index contributed by atoms with van der Waals surface area (Å²) in [6.45, 7) is 0. The Morgan fingerprint density at radius 3 is 2.32 bits per heavy atom. The van der Waals surface area contributed by atoms with Crippen LogP contribution in [-0.4, -0.2) is 40.4 Å². The fraction of sp³-hybridized carbons (Fsp3) is 0.192. The van der Waals surface area contributed by atoms with Crippen LogP contribution in [0, 0.1) is 0 Å². The van der Waals surface area contributed by atoms with E-state index in [2.05, 4.69) is 9.97 Å². The summed E-state index contributed by atoms with van der Waals surface area (Å²) in [6.07, 6.45) is -6.94. The zero-order chi connectivity index (χ0) is 26.7. The van der Waals surface area contributed by atoms with Gasteiger partial charge in [0.1, 0.15) is 11.8 Å². The molecule has 0 bridgehead atoms. The molecule has 1 heterocycles. The minimum Gasteiger partial charge on any atom is -0.497 e. The maximum Gasteiger partial charge on any atom is 0.429 e. The van der Waals surface area contributed by atoms with Crippen LogP contribution in [0.15, 0.2) is 66.7 Å². The van der Waals surface area contributed by atoms with Crippen molar-refractivity contribution in [2.45, 2.75) is 24.7 Å². The van der Waals surface area contributed by atoms with Crippen molar-refractivity contribution in [3.05, 3.63) is 77.9 Å². The second kappa shape index (κ2) is 10.3. The summed E-state index contributed by atoms with van der Waals surface area (Å²) in [6, 6.07) is 16.1. The summed E-state index contributed by atoms with van der Waals surface area (Å²) in [5.41, 5.74) is 12.7. The predicted octanol–water partition coefficient (Wildman–Crippen LogP) is 4.52. The Morgan fingerprint density at radius 1 is 1.00 bits per heavy atom. The van der Waals surface area contributed by atoms with Gasteiger partial charge >= 0.3 is 12.1 Å². The Balaban J connectivity index is 1.63. The van der Waals surface area contributed by atoms with Crippen molar-refractivity contribution in [2.75, 3.05) is 12.8 Å². The summed E-state index contributed by atoms with van der Waals surface area (Å²) < 4.78 is 52.7. The molecular weight excluding hydrogens is 489 g/mol. The molecule has 4 rings (SSSR count). The normalized spacial score (nSPS) is 13.2. The van der Waals surface area contributed by atoms with Crippen molar-refractivity contribution < 1.29 is 32.5 Å². The summed E-state index contributed by atoms with van der Waals surface area (Å²) >= 11 is 0. The second-order valence-corrected chi connectivity index (χ2v) is 8.31. The van der Waals surface area contributed by atoms with Gasteiger partial charge < -0.3 is 26.0 Å². The number of aromatic nitrogens is 2. The van der Waals surface area contributed by atoms with Crippen LogP contribution in [0.3, 0.4) is 0 Å². The molecule has 0 saturated carbocycles. The lowest BCUT2D eigenvalue weighted by molar-refractivity contribution is -0.198. The molecule has 192 valence electrons. The number of hydrogen-bond acceptors (Lipinski definition) is 7. The third-order valence-corrected chi connectivity index (χ3v) is 5.65. The molecule has 5 N–H and O–H groups in total. The van der Waals surface area contributed by atoms with Crippen molar-refractivity contribution in [3.63, 3.8) is 0 Å². The highest BCUT2D eigenvalue weighted by atomic mass is 19.4. The first-order valence-corrected chi connectivity index (χ1v) is 11.1. The molecule has 8 nitrogen and oxygen atoms in total. The molecule has 0 radical (unpaired) electrons. The number of fused-ring (bicyclic) bond motifs is 1. The Hall–Kier alpha value is -4.38. The van der Waals surface area contributed by atoms with Crippen LogP contribution in [0.5, 0.6) is 11.6 Å². The highest BCUT2D eigenvalue weighted by Crippen LogP contribution is 2.38. The zero-order valence-electron chi connectivity index (χ0n) is 19.6. The van der Waals surface area contributed by atoms with E-state index in [1.54, 1.807) is 48.5 Å². The van der Waals surface area contributed by atoms with E-state index in [9.17, 15) is 18.0 Å². The number of ether oxygens (including phenoxy) is 2. The number of hydrogen-bond donors (Lipinski definition) is 3. The molecule has 0 aliphatic rings. The Kier molecular flexibility index (Phi) is 7.16. The monoisotopic (exact) mass is 512 g/mol. The van der Waals surface area contributed by atoms with Crippen molar-refractivity contribution in [1.29, 1.82) is 0 Å². The second-order valence-electron chi connectivity index (χ2n) is 8.31. The number of alkyl halides is 3. The largest absolute Gasteiger partial charge is 0.497 e. The maximum absolute atomic E-state index is 14.1. The van der Waals surface area contributed by atoms with Gasteiger partial charge in [-0.05, 0) is 41.0 Å². The molecular formula is C26H23F3N4O4. The lowest BCUT2D eigenvalue weighted by Crippen LogP contribution is -2.32. The van der Waals surface area contributed by atoms with E-state index in [-0.39, 0.29) is 29.5 Å². The van der Waals surface area contributed by atoms with Crippen LogP contribution in [-0.2, 0) is 11.2 Å². The van der Waals surface area contributed by atoms with Gasteiger partial charge in [-0.25, -0.2) is 4.98 Å². The van der Waals surface area contributed by atoms with E-state index in [1.807, 2.05) is 0 Å². The van der Waals surface area contributed by atoms with Crippen molar-refractivity contribution in [3.8, 4) is 22.9 Å². The minimum absolute atomic E-state index is 0.108. The van der Waals surface area contributed by atoms with Gasteiger partial charge in [0.15, 0.2) is 0 Å². The molecule has 0 aliphatic heterocycles. The predicted molar refractivity (Wildman–Crippen MR) is 131 cm³/mol. The number of carbonyl (C=O) groups is 1. The molecule has 37 heavy (non-hydrogen) atoms. The molecule has 4 aromatic rings. The number of benzene rings is 3. The van der Waals surface area contributed by atoms with Gasteiger partial charge in [0, 0.05) is 17.2 Å². The molecule has 0 aliphatic carbocycles. The van der Waals surface area contributed by atoms with E-state index >= 15 is 0 Å². The molecule has 3 aromatic carbocycles. The van der Waals surface area contributed by atoms with Crippen LogP contribution in [0.2, 0.25) is 0 Å². The number of anilines is 1. The van der Waals surface area contributed by atoms with Gasteiger partial charge in [0.25, 0.3) is 0 Å². The standard InChI is InChI=1S/C26H23F3N4O4/c1-36-19-9-8-16-11-18(7-6-17(16)12-19)23(26(27,28)29)37-22-13-21(32-25(31)33-22)15-4-2-14(3-5-15)10-20(30)24(34)35/h2-9,11-13,20,23H,10,30H2,1H3,(H,34,35)(H2,31,32,33)/t20-,23-/m0/s1. The average molecular weight is 512 g/mol. The van der Waals surface area contributed by atoms with Gasteiger partial charge in [0.05, 0.1) is 12.8 Å². The number of nitrogens with zero attached hydrogens (tertiary/aromatic N) is 2. The number of carboxylic acids is 1. The van der Waals surface area contributed by atoms with Crippen LogP contribution >= 0.6 is 0 Å². The SMILES string of the molecule is COc1ccc2cc([C@H](Oc3cc(-c4ccc(C[C@H](N)C(=O)O)cc4)nc(N)n3)C(F)(F)F)ccc2c1. The molecule has 0 spiro atoms. The average Bonchev–Trinajstić information content (AvgIpc) is 2.86. The number of rotatable bonds is 8. The topological polar surface area (TPSA) is 134 Å². The lowest BCUT2D eigenvalue weighted by Gasteiger charge is -2.22. The van der Waals surface area contributed by atoms with E-state index in [0.717, 1.165) is 0 Å². The lowest BCUT2D eigenvalue weighted by atomic mass is 10.0. The van der Waals surface area contributed by atoms with Gasteiger partial charge in [0.2, 0.25) is 17.9 Å². The number of halogens is 3. The Bertz CT molecular complexity index is 1430. The van der Waals surface area contributed by atoms with Gasteiger partial charge in [-0.15, -0.1) is 0 Å². The Labute approximate surface area is 209 Å². The van der Waals surface area contributed by atoms with E-state index in [0.29, 0.717) is 27.6 Å². The third kappa shape index (κ3) is 6.07. The quantitative estimate of drug-likeness (QED) is 0.314. The van der Waals surface area contributed by atoms with Gasteiger partial charge in [-0.3, -0.25) is 4.79 Å². The fourth-order valence-electron chi connectivity index (χ4n) is 3.78. The van der Waals surface area contributed by atoms with Crippen LogP contribution in [0.1, 0.15) is 17.2 Å². The molecule has 0 amide bonds. The van der Waals surface area contributed by atoms with Crippen LogP contribution in [0.4, 0.5) is 19.1 Å². The number of nitrogens with two attached hydrogens (primary N) is 2. The first-order chi connectivity index (χ1) is 17.5. The summed E-state index contributed by atoms with van der Waals surface area (Å²) in [5, 5.41) is 10.3. The molecule has 2 atom stereocenters. The smallest absolute Gasteiger partial charge is 0.429 e. The van der Waals surface area contributed by atoms with Gasteiger partial charge in [-0.1, -0.05) is 42.5 Å². The minimum atomic E-state index is -4.75. The summed E-state index contributed by atoms with van der Waals surface area (Å²) in [5.74, 6) is -1.15. The molecule has 0 unspecified atom stereocenters. The van der Waals surface area contributed by atoms with Crippen LogP contribution < -0.4 is 20.9 Å². The molecule has 1 aromatic heterocycles.